The lowest BCUT2D eigenvalue weighted by atomic mass is 9.84. The van der Waals surface area contributed by atoms with Crippen molar-refractivity contribution in [1.82, 2.24) is 4.90 Å². The minimum atomic E-state index is -0.0956. The standard InChI is InChI=1S/C15H23NOS/c1-16-13-3-4-14(16)9-12(8-13)15(17)5-2-11-6-7-18-10-11/h6-7,10,12-15,17H,2-5,8-9H2,1H3. The van der Waals surface area contributed by atoms with Gasteiger partial charge in [0.1, 0.15) is 0 Å². The largest absolute Gasteiger partial charge is 0.393 e. The van der Waals surface area contributed by atoms with Crippen LogP contribution >= 0.6 is 11.3 Å². The topological polar surface area (TPSA) is 23.5 Å². The molecule has 2 bridgehead atoms. The predicted molar refractivity (Wildman–Crippen MR) is 75.9 cm³/mol. The molecular weight excluding hydrogens is 242 g/mol. The van der Waals surface area contributed by atoms with Crippen molar-refractivity contribution in [2.45, 2.75) is 56.7 Å². The van der Waals surface area contributed by atoms with Crippen molar-refractivity contribution in [3.8, 4) is 0 Å². The number of hydrogen-bond acceptors (Lipinski definition) is 3. The highest BCUT2D eigenvalue weighted by atomic mass is 32.1. The number of piperidine rings is 1. The van der Waals surface area contributed by atoms with Crippen molar-refractivity contribution in [2.24, 2.45) is 5.92 Å². The van der Waals surface area contributed by atoms with Gasteiger partial charge in [-0.1, -0.05) is 0 Å². The van der Waals surface area contributed by atoms with Crippen molar-refractivity contribution in [2.75, 3.05) is 7.05 Å². The number of hydrogen-bond donors (Lipinski definition) is 1. The predicted octanol–water partition coefficient (Wildman–Crippen LogP) is 2.91. The first-order valence-electron chi connectivity index (χ1n) is 7.15. The van der Waals surface area contributed by atoms with Gasteiger partial charge in [-0.2, -0.15) is 11.3 Å². The summed E-state index contributed by atoms with van der Waals surface area (Å²) in [5.74, 6) is 0.539. The van der Waals surface area contributed by atoms with E-state index in [0.29, 0.717) is 5.92 Å². The van der Waals surface area contributed by atoms with Crippen LogP contribution < -0.4 is 0 Å². The molecule has 3 unspecified atom stereocenters. The molecule has 0 saturated carbocycles. The summed E-state index contributed by atoms with van der Waals surface area (Å²) in [4.78, 5) is 2.54. The molecule has 0 spiro atoms. The van der Waals surface area contributed by atoms with Gasteiger partial charge >= 0.3 is 0 Å². The van der Waals surface area contributed by atoms with Gasteiger partial charge in [-0.3, -0.25) is 0 Å². The third kappa shape index (κ3) is 2.49. The highest BCUT2D eigenvalue weighted by Gasteiger charge is 2.40. The minimum absolute atomic E-state index is 0.0956. The molecular formula is C15H23NOS. The number of thiophene rings is 1. The fourth-order valence-electron chi connectivity index (χ4n) is 3.75. The van der Waals surface area contributed by atoms with Crippen LogP contribution in [0.2, 0.25) is 0 Å². The summed E-state index contributed by atoms with van der Waals surface area (Å²) >= 11 is 1.75. The van der Waals surface area contributed by atoms with Gasteiger partial charge in [-0.15, -0.1) is 0 Å². The molecule has 2 aliphatic rings. The van der Waals surface area contributed by atoms with Gasteiger partial charge in [0, 0.05) is 12.1 Å². The molecule has 1 N–H and O–H groups in total. The molecule has 3 heterocycles. The number of rotatable bonds is 4. The molecule has 1 aromatic rings. The van der Waals surface area contributed by atoms with Crippen LogP contribution in [-0.4, -0.2) is 35.2 Å². The molecule has 3 heteroatoms. The van der Waals surface area contributed by atoms with E-state index in [1.807, 2.05) is 0 Å². The first-order valence-corrected chi connectivity index (χ1v) is 8.09. The van der Waals surface area contributed by atoms with Crippen LogP contribution in [0.15, 0.2) is 16.8 Å². The van der Waals surface area contributed by atoms with Crippen LogP contribution in [-0.2, 0) is 6.42 Å². The van der Waals surface area contributed by atoms with Crippen molar-refractivity contribution in [1.29, 1.82) is 0 Å². The van der Waals surface area contributed by atoms with Gasteiger partial charge in [-0.05, 0) is 73.9 Å². The van der Waals surface area contributed by atoms with Crippen LogP contribution in [0.25, 0.3) is 0 Å². The lowest BCUT2D eigenvalue weighted by Crippen LogP contribution is -2.43. The number of aryl methyl sites for hydroxylation is 1. The van der Waals surface area contributed by atoms with E-state index >= 15 is 0 Å². The average Bonchev–Trinajstić information content (AvgIpc) is 2.93. The molecule has 1 aromatic heterocycles. The molecule has 100 valence electrons. The van der Waals surface area contributed by atoms with Crippen LogP contribution in [0.5, 0.6) is 0 Å². The Hall–Kier alpha value is -0.380. The zero-order chi connectivity index (χ0) is 12.5. The van der Waals surface area contributed by atoms with E-state index in [-0.39, 0.29) is 6.10 Å². The summed E-state index contributed by atoms with van der Waals surface area (Å²) in [6.45, 7) is 0. The third-order valence-corrected chi connectivity index (χ3v) is 5.72. The normalized spacial score (nSPS) is 33.8. The second-order valence-corrected chi connectivity index (χ2v) is 6.80. The van der Waals surface area contributed by atoms with Gasteiger partial charge < -0.3 is 10.0 Å². The highest BCUT2D eigenvalue weighted by Crippen LogP contribution is 2.39. The van der Waals surface area contributed by atoms with Gasteiger partial charge in [-0.25, -0.2) is 0 Å². The number of aliphatic hydroxyl groups excluding tert-OH is 1. The van der Waals surface area contributed by atoms with E-state index in [9.17, 15) is 5.11 Å². The van der Waals surface area contributed by atoms with E-state index in [0.717, 1.165) is 24.9 Å². The Labute approximate surface area is 114 Å². The van der Waals surface area contributed by atoms with E-state index in [1.54, 1.807) is 11.3 Å². The summed E-state index contributed by atoms with van der Waals surface area (Å²) in [6.07, 6.45) is 6.97. The summed E-state index contributed by atoms with van der Waals surface area (Å²) < 4.78 is 0. The second kappa shape index (κ2) is 5.32. The Kier molecular flexibility index (Phi) is 3.73. The summed E-state index contributed by atoms with van der Waals surface area (Å²) in [6, 6.07) is 3.66. The number of nitrogens with zero attached hydrogens (tertiary/aromatic N) is 1. The van der Waals surface area contributed by atoms with E-state index < -0.39 is 0 Å². The van der Waals surface area contributed by atoms with Crippen molar-refractivity contribution in [3.63, 3.8) is 0 Å². The zero-order valence-electron chi connectivity index (χ0n) is 11.1. The monoisotopic (exact) mass is 265 g/mol. The molecule has 3 atom stereocenters. The third-order valence-electron chi connectivity index (χ3n) is 4.99. The molecule has 2 aliphatic heterocycles. The van der Waals surface area contributed by atoms with E-state index in [4.69, 9.17) is 0 Å². The van der Waals surface area contributed by atoms with Crippen LogP contribution in [0.3, 0.4) is 0 Å². The maximum atomic E-state index is 10.4. The quantitative estimate of drug-likeness (QED) is 0.905. The Morgan fingerprint density at radius 1 is 1.39 bits per heavy atom. The Balaban J connectivity index is 1.52. The first kappa shape index (κ1) is 12.6. The fourth-order valence-corrected chi connectivity index (χ4v) is 4.46. The van der Waals surface area contributed by atoms with E-state index in [2.05, 4.69) is 28.8 Å². The number of aliphatic hydroxyl groups is 1. The fraction of sp³-hybridized carbons (Fsp3) is 0.733. The summed E-state index contributed by atoms with van der Waals surface area (Å²) in [5, 5.41) is 14.7. The van der Waals surface area contributed by atoms with Crippen LogP contribution in [0, 0.1) is 5.92 Å². The molecule has 2 fully saturated rings. The van der Waals surface area contributed by atoms with Gasteiger partial charge in [0.25, 0.3) is 0 Å². The van der Waals surface area contributed by atoms with Crippen molar-refractivity contribution in [3.05, 3.63) is 22.4 Å². The Morgan fingerprint density at radius 3 is 2.72 bits per heavy atom. The summed E-state index contributed by atoms with van der Waals surface area (Å²) in [5.41, 5.74) is 1.38. The molecule has 2 nitrogen and oxygen atoms in total. The van der Waals surface area contributed by atoms with E-state index in [1.165, 1.54) is 31.2 Å². The summed E-state index contributed by atoms with van der Waals surface area (Å²) in [7, 11) is 2.26. The zero-order valence-corrected chi connectivity index (χ0v) is 11.9. The first-order chi connectivity index (χ1) is 8.74. The van der Waals surface area contributed by atoms with Crippen molar-refractivity contribution >= 4 is 11.3 Å². The molecule has 0 amide bonds. The van der Waals surface area contributed by atoms with Crippen LogP contribution in [0.4, 0.5) is 0 Å². The minimum Gasteiger partial charge on any atom is -0.393 e. The Morgan fingerprint density at radius 2 is 2.11 bits per heavy atom. The van der Waals surface area contributed by atoms with Crippen molar-refractivity contribution < 1.29 is 5.11 Å². The molecule has 0 aliphatic carbocycles. The molecule has 0 aromatic carbocycles. The number of fused-ring (bicyclic) bond motifs is 2. The van der Waals surface area contributed by atoms with Gasteiger partial charge in [0.2, 0.25) is 0 Å². The lowest BCUT2D eigenvalue weighted by Gasteiger charge is -2.38. The van der Waals surface area contributed by atoms with Gasteiger partial charge in [0.15, 0.2) is 0 Å². The molecule has 2 saturated heterocycles. The Bertz CT molecular complexity index is 364. The second-order valence-electron chi connectivity index (χ2n) is 6.02. The van der Waals surface area contributed by atoms with Gasteiger partial charge in [0.05, 0.1) is 6.10 Å². The molecule has 0 radical (unpaired) electrons. The molecule has 3 rings (SSSR count). The maximum absolute atomic E-state index is 10.4. The lowest BCUT2D eigenvalue weighted by molar-refractivity contribution is 0.0320. The average molecular weight is 265 g/mol. The SMILES string of the molecule is CN1C2CCC1CC(C(O)CCc1ccsc1)C2. The maximum Gasteiger partial charge on any atom is 0.0572 e. The van der Waals surface area contributed by atoms with Crippen LogP contribution in [0.1, 0.15) is 37.7 Å². The highest BCUT2D eigenvalue weighted by molar-refractivity contribution is 7.07. The smallest absolute Gasteiger partial charge is 0.0572 e. The molecule has 18 heavy (non-hydrogen) atoms.